The van der Waals surface area contributed by atoms with Crippen LogP contribution < -0.4 is 9.80 Å². The highest BCUT2D eigenvalue weighted by Gasteiger charge is 2.62. The fourth-order valence-corrected chi connectivity index (χ4v) is 5.77. The molecule has 7 heteroatoms. The Labute approximate surface area is 201 Å². The topological polar surface area (TPSA) is 69.3 Å². The molecule has 0 saturated heterocycles. The number of hydrogen-bond donors (Lipinski definition) is 0. The fraction of sp³-hybridized carbons (Fsp3) is 0.179. The van der Waals surface area contributed by atoms with Crippen LogP contribution in [0.5, 0.6) is 0 Å². The number of allylic oxidation sites excluding steroid dienone is 1. The molecular formula is C28H21FN4O2. The molecule has 3 aliphatic rings. The molecule has 1 amide bonds. The predicted octanol–water partition coefficient (Wildman–Crippen LogP) is 4.76. The Kier molecular flexibility index (Phi) is 4.55. The average Bonchev–Trinajstić information content (AvgIpc) is 3.48. The summed E-state index contributed by atoms with van der Waals surface area (Å²) in [6, 6.07) is 19.3. The van der Waals surface area contributed by atoms with E-state index in [4.69, 9.17) is 0 Å². The molecule has 1 aromatic heterocycles. The van der Waals surface area contributed by atoms with Crippen molar-refractivity contribution in [3.8, 4) is 6.07 Å². The van der Waals surface area contributed by atoms with Gasteiger partial charge in [0.25, 0.3) is 0 Å². The van der Waals surface area contributed by atoms with Crippen molar-refractivity contribution >= 4 is 28.9 Å². The van der Waals surface area contributed by atoms with Gasteiger partial charge in [0.15, 0.2) is 5.78 Å². The highest BCUT2D eigenvalue weighted by atomic mass is 19.1. The van der Waals surface area contributed by atoms with Gasteiger partial charge in [-0.15, -0.1) is 0 Å². The smallest absolute Gasteiger partial charge is 0.247 e. The van der Waals surface area contributed by atoms with Gasteiger partial charge in [0.05, 0.1) is 5.57 Å². The Bertz CT molecular complexity index is 1490. The molecule has 3 aromatic rings. The standard InChI is InChI=1S/C28H21FN4O2/c1-31-22-8-3-2-7-20(22)28(27(31)35)21(17-30)26(32-15-4-5-16-32)33(19-13-11-18(29)12-14-19)23-9-6-10-24(34)25(23)28/h2-5,7-8,11-16H,6,9-10H2,1H3/t28-/m1/s1. The van der Waals surface area contributed by atoms with Crippen LogP contribution in [0.2, 0.25) is 0 Å². The molecule has 0 radical (unpaired) electrons. The molecule has 0 bridgehead atoms. The van der Waals surface area contributed by atoms with Crippen LogP contribution in [0.15, 0.2) is 89.9 Å². The summed E-state index contributed by atoms with van der Waals surface area (Å²) in [5.74, 6) is -0.377. The Balaban J connectivity index is 1.79. The minimum absolute atomic E-state index is 0.142. The van der Waals surface area contributed by atoms with Crippen molar-refractivity contribution < 1.29 is 14.0 Å². The summed E-state index contributed by atoms with van der Waals surface area (Å²) in [7, 11) is 1.68. The van der Waals surface area contributed by atoms with Crippen molar-refractivity contribution in [3.63, 3.8) is 0 Å². The number of Topliss-reactive ketones (excluding diaryl/α,β-unsaturated/α-hetero) is 1. The number of anilines is 2. The molecule has 6 nitrogen and oxygen atoms in total. The third-order valence-electron chi connectivity index (χ3n) is 7.18. The van der Waals surface area contributed by atoms with Crippen LogP contribution in [-0.4, -0.2) is 23.3 Å². The van der Waals surface area contributed by atoms with Gasteiger partial charge in [0, 0.05) is 54.1 Å². The Morgan fingerprint density at radius 1 is 0.971 bits per heavy atom. The van der Waals surface area contributed by atoms with Gasteiger partial charge in [-0.2, -0.15) is 5.26 Å². The van der Waals surface area contributed by atoms with E-state index in [2.05, 4.69) is 6.07 Å². The molecule has 0 saturated carbocycles. The number of ketones is 1. The van der Waals surface area contributed by atoms with E-state index in [1.165, 1.54) is 12.1 Å². The molecule has 2 aromatic carbocycles. The number of halogens is 1. The van der Waals surface area contributed by atoms with E-state index in [1.807, 2.05) is 53.7 Å². The molecule has 35 heavy (non-hydrogen) atoms. The van der Waals surface area contributed by atoms with E-state index >= 15 is 0 Å². The average molecular weight is 465 g/mol. The lowest BCUT2D eigenvalue weighted by Gasteiger charge is -2.45. The molecule has 0 fully saturated rings. The first-order valence-corrected chi connectivity index (χ1v) is 11.5. The van der Waals surface area contributed by atoms with Gasteiger partial charge in [0.2, 0.25) is 5.91 Å². The zero-order valence-corrected chi connectivity index (χ0v) is 19.0. The van der Waals surface area contributed by atoms with Crippen molar-refractivity contribution in [2.75, 3.05) is 16.8 Å². The molecule has 0 unspecified atom stereocenters. The van der Waals surface area contributed by atoms with Crippen molar-refractivity contribution in [2.45, 2.75) is 24.7 Å². The summed E-state index contributed by atoms with van der Waals surface area (Å²) in [4.78, 5) is 31.3. The second-order valence-corrected chi connectivity index (χ2v) is 8.94. The van der Waals surface area contributed by atoms with Gasteiger partial charge >= 0.3 is 0 Å². The molecule has 2 aliphatic heterocycles. The van der Waals surface area contributed by atoms with E-state index < -0.39 is 5.41 Å². The Morgan fingerprint density at radius 3 is 2.40 bits per heavy atom. The number of para-hydroxylation sites is 1. The van der Waals surface area contributed by atoms with Crippen molar-refractivity contribution in [3.05, 3.63) is 101 Å². The zero-order chi connectivity index (χ0) is 24.3. The Morgan fingerprint density at radius 2 is 1.69 bits per heavy atom. The van der Waals surface area contributed by atoms with E-state index in [0.717, 1.165) is 0 Å². The normalized spacial score (nSPS) is 21.5. The zero-order valence-electron chi connectivity index (χ0n) is 19.0. The molecule has 6 rings (SSSR count). The van der Waals surface area contributed by atoms with Gasteiger partial charge in [0.1, 0.15) is 23.1 Å². The van der Waals surface area contributed by atoms with Gasteiger partial charge < -0.3 is 9.47 Å². The number of rotatable bonds is 2. The number of aromatic nitrogens is 1. The summed E-state index contributed by atoms with van der Waals surface area (Å²) >= 11 is 0. The SMILES string of the molecule is CN1C(=O)[C@@]2(C(C#N)=C(n3cccc3)N(c3ccc(F)cc3)C3=C2C(=O)CCC3)c2ccccc21. The Hall–Kier alpha value is -4.44. The summed E-state index contributed by atoms with van der Waals surface area (Å²) in [5.41, 5.74) is 1.59. The largest absolute Gasteiger partial charge is 0.314 e. The minimum atomic E-state index is -1.54. The van der Waals surface area contributed by atoms with Crippen molar-refractivity contribution in [2.24, 2.45) is 0 Å². The van der Waals surface area contributed by atoms with Gasteiger partial charge in [-0.1, -0.05) is 18.2 Å². The molecule has 1 atom stereocenters. The number of benzene rings is 2. The first kappa shape index (κ1) is 21.1. The third kappa shape index (κ3) is 2.68. The number of nitrogens with zero attached hydrogens (tertiary/aromatic N) is 4. The third-order valence-corrected chi connectivity index (χ3v) is 7.18. The van der Waals surface area contributed by atoms with Crippen LogP contribution in [0.25, 0.3) is 5.82 Å². The second kappa shape index (κ2) is 7.54. The highest BCUT2D eigenvalue weighted by Crippen LogP contribution is 2.57. The van der Waals surface area contributed by atoms with Crippen LogP contribution in [0.4, 0.5) is 15.8 Å². The highest BCUT2D eigenvalue weighted by molar-refractivity contribution is 6.21. The van der Waals surface area contributed by atoms with E-state index in [-0.39, 0.29) is 23.1 Å². The molecule has 172 valence electrons. The first-order valence-electron chi connectivity index (χ1n) is 11.5. The molecule has 0 N–H and O–H groups in total. The monoisotopic (exact) mass is 464 g/mol. The maximum atomic E-state index is 14.2. The van der Waals surface area contributed by atoms with Crippen LogP contribution in [-0.2, 0) is 15.0 Å². The van der Waals surface area contributed by atoms with Crippen LogP contribution in [0.3, 0.4) is 0 Å². The lowest BCUT2D eigenvalue weighted by molar-refractivity contribution is -0.123. The van der Waals surface area contributed by atoms with Gasteiger partial charge in [-0.25, -0.2) is 4.39 Å². The van der Waals surface area contributed by atoms with Crippen LogP contribution in [0.1, 0.15) is 24.8 Å². The quantitative estimate of drug-likeness (QED) is 0.548. The van der Waals surface area contributed by atoms with Crippen molar-refractivity contribution in [1.82, 2.24) is 4.57 Å². The number of amides is 1. The van der Waals surface area contributed by atoms with Crippen LogP contribution in [0, 0.1) is 17.1 Å². The minimum Gasteiger partial charge on any atom is -0.314 e. The van der Waals surface area contributed by atoms with E-state index in [0.29, 0.717) is 53.3 Å². The summed E-state index contributed by atoms with van der Waals surface area (Å²) in [5, 5.41) is 10.7. The fourth-order valence-electron chi connectivity index (χ4n) is 5.77. The number of nitriles is 1. The summed E-state index contributed by atoms with van der Waals surface area (Å²) in [6.45, 7) is 0. The maximum Gasteiger partial charge on any atom is 0.247 e. The maximum absolute atomic E-state index is 14.2. The van der Waals surface area contributed by atoms with Gasteiger partial charge in [-0.3, -0.25) is 14.5 Å². The second-order valence-electron chi connectivity index (χ2n) is 8.94. The van der Waals surface area contributed by atoms with Crippen LogP contribution >= 0.6 is 0 Å². The number of hydrogen-bond acceptors (Lipinski definition) is 4. The number of likely N-dealkylation sites (N-methyl/N-ethyl adjacent to an activating group) is 1. The predicted molar refractivity (Wildman–Crippen MR) is 130 cm³/mol. The summed E-state index contributed by atoms with van der Waals surface area (Å²) < 4.78 is 15.7. The molecule has 1 spiro atoms. The molecular weight excluding hydrogens is 443 g/mol. The summed E-state index contributed by atoms with van der Waals surface area (Å²) in [6.07, 6.45) is 5.08. The van der Waals surface area contributed by atoms with E-state index in [9.17, 15) is 19.2 Å². The van der Waals surface area contributed by atoms with Crippen molar-refractivity contribution in [1.29, 1.82) is 5.26 Å². The van der Waals surface area contributed by atoms with E-state index in [1.54, 1.807) is 28.6 Å². The number of carbonyl (C=O) groups is 2. The molecule has 3 heterocycles. The number of carbonyl (C=O) groups excluding carboxylic acids is 2. The molecule has 1 aliphatic carbocycles. The number of fused-ring (bicyclic) bond motifs is 3. The first-order chi connectivity index (χ1) is 17.0. The van der Waals surface area contributed by atoms with Gasteiger partial charge in [-0.05, 0) is 55.3 Å². The lowest BCUT2D eigenvalue weighted by atomic mass is 9.63. The lowest BCUT2D eigenvalue weighted by Crippen LogP contribution is -2.51.